The minimum absolute atomic E-state index is 0.349. The fraction of sp³-hybridized carbons (Fsp3) is 0.474. The highest BCUT2D eigenvalue weighted by Gasteiger charge is 2.13. The standard InChI is InChI=1S/C19H26ClN5O/c1-13-10-15(11-14(2)16(13)20)26-19-17(21)18(23-12-24-19)22-6-9-25-7-4-3-5-8-25/h10-12H,3-9,21H2,1-2H3,(H,22,23,24). The van der Waals surface area contributed by atoms with Crippen LogP contribution in [0.15, 0.2) is 18.5 Å². The number of aromatic nitrogens is 2. The zero-order valence-corrected chi connectivity index (χ0v) is 16.1. The smallest absolute Gasteiger partial charge is 0.248 e. The molecule has 0 saturated carbocycles. The van der Waals surface area contributed by atoms with Gasteiger partial charge in [-0.05, 0) is 63.0 Å². The second-order valence-electron chi connectivity index (χ2n) is 6.74. The highest BCUT2D eigenvalue weighted by Crippen LogP contribution is 2.32. The number of nitrogen functional groups attached to an aromatic ring is 1. The number of piperidine rings is 1. The molecule has 1 aromatic heterocycles. The molecule has 1 fully saturated rings. The molecule has 1 saturated heterocycles. The van der Waals surface area contributed by atoms with Gasteiger partial charge in [-0.2, -0.15) is 4.98 Å². The molecule has 2 aromatic rings. The van der Waals surface area contributed by atoms with Gasteiger partial charge in [0.15, 0.2) is 5.82 Å². The van der Waals surface area contributed by atoms with Crippen LogP contribution in [0.1, 0.15) is 30.4 Å². The Kier molecular flexibility index (Phi) is 6.16. The van der Waals surface area contributed by atoms with Crippen molar-refractivity contribution in [2.75, 3.05) is 37.2 Å². The summed E-state index contributed by atoms with van der Waals surface area (Å²) < 4.78 is 5.88. The van der Waals surface area contributed by atoms with Crippen molar-refractivity contribution in [2.45, 2.75) is 33.1 Å². The van der Waals surface area contributed by atoms with Crippen LogP contribution in [0.25, 0.3) is 0 Å². The number of likely N-dealkylation sites (tertiary alicyclic amines) is 1. The molecule has 0 radical (unpaired) electrons. The zero-order valence-electron chi connectivity index (χ0n) is 15.4. The fourth-order valence-corrected chi connectivity index (χ4v) is 3.30. The number of hydrogen-bond donors (Lipinski definition) is 2. The monoisotopic (exact) mass is 375 g/mol. The summed E-state index contributed by atoms with van der Waals surface area (Å²) in [7, 11) is 0. The van der Waals surface area contributed by atoms with Crippen LogP contribution in [-0.4, -0.2) is 41.0 Å². The topological polar surface area (TPSA) is 76.3 Å². The van der Waals surface area contributed by atoms with E-state index in [4.69, 9.17) is 22.1 Å². The van der Waals surface area contributed by atoms with Gasteiger partial charge < -0.3 is 20.7 Å². The number of benzene rings is 1. The molecule has 1 aromatic carbocycles. The second-order valence-corrected chi connectivity index (χ2v) is 7.12. The molecular weight excluding hydrogens is 350 g/mol. The van der Waals surface area contributed by atoms with E-state index in [1.807, 2.05) is 26.0 Å². The Morgan fingerprint density at radius 3 is 2.54 bits per heavy atom. The van der Waals surface area contributed by atoms with Gasteiger partial charge >= 0.3 is 0 Å². The van der Waals surface area contributed by atoms with E-state index in [0.29, 0.717) is 23.1 Å². The molecule has 26 heavy (non-hydrogen) atoms. The molecular formula is C19H26ClN5O. The molecule has 3 rings (SSSR count). The number of nitrogens with zero attached hydrogens (tertiary/aromatic N) is 3. The molecule has 2 heterocycles. The van der Waals surface area contributed by atoms with Crippen LogP contribution in [0.3, 0.4) is 0 Å². The molecule has 1 aliphatic heterocycles. The van der Waals surface area contributed by atoms with Gasteiger partial charge in [0.2, 0.25) is 5.88 Å². The van der Waals surface area contributed by atoms with E-state index in [1.165, 1.54) is 38.7 Å². The highest BCUT2D eigenvalue weighted by atomic mass is 35.5. The first-order chi connectivity index (χ1) is 12.5. The molecule has 0 spiro atoms. The normalized spacial score (nSPS) is 15.0. The van der Waals surface area contributed by atoms with Gasteiger partial charge in [-0.1, -0.05) is 18.0 Å². The van der Waals surface area contributed by atoms with Crippen molar-refractivity contribution >= 4 is 23.1 Å². The number of rotatable bonds is 6. The van der Waals surface area contributed by atoms with Gasteiger partial charge in [0, 0.05) is 18.1 Å². The van der Waals surface area contributed by atoms with Crippen molar-refractivity contribution in [3.8, 4) is 11.6 Å². The third-order valence-corrected chi connectivity index (χ3v) is 5.24. The third-order valence-electron chi connectivity index (χ3n) is 4.64. The largest absolute Gasteiger partial charge is 0.437 e. The Labute approximate surface area is 159 Å². The Bertz CT molecular complexity index is 739. The van der Waals surface area contributed by atoms with Gasteiger partial charge in [0.05, 0.1) is 0 Å². The van der Waals surface area contributed by atoms with Crippen molar-refractivity contribution in [2.24, 2.45) is 0 Å². The van der Waals surface area contributed by atoms with Gasteiger partial charge in [0.25, 0.3) is 0 Å². The van der Waals surface area contributed by atoms with Crippen LogP contribution in [0.5, 0.6) is 11.6 Å². The van der Waals surface area contributed by atoms with Gasteiger partial charge in [-0.25, -0.2) is 4.98 Å². The van der Waals surface area contributed by atoms with E-state index in [1.54, 1.807) is 0 Å². The highest BCUT2D eigenvalue weighted by molar-refractivity contribution is 6.32. The summed E-state index contributed by atoms with van der Waals surface area (Å²) in [6.07, 6.45) is 5.37. The van der Waals surface area contributed by atoms with Crippen molar-refractivity contribution in [1.82, 2.24) is 14.9 Å². The Morgan fingerprint density at radius 1 is 1.15 bits per heavy atom. The van der Waals surface area contributed by atoms with Gasteiger partial charge in [-0.15, -0.1) is 0 Å². The summed E-state index contributed by atoms with van der Waals surface area (Å²) in [6, 6.07) is 3.75. The first-order valence-electron chi connectivity index (χ1n) is 9.06. The van der Waals surface area contributed by atoms with Crippen molar-refractivity contribution < 1.29 is 4.74 Å². The van der Waals surface area contributed by atoms with E-state index in [9.17, 15) is 0 Å². The number of aryl methyl sites for hydroxylation is 2. The molecule has 0 amide bonds. The summed E-state index contributed by atoms with van der Waals surface area (Å²) in [4.78, 5) is 10.9. The van der Waals surface area contributed by atoms with Crippen LogP contribution < -0.4 is 15.8 Å². The fourth-order valence-electron chi connectivity index (χ4n) is 3.19. The number of anilines is 2. The number of hydrogen-bond acceptors (Lipinski definition) is 6. The summed E-state index contributed by atoms with van der Waals surface area (Å²) in [5.74, 6) is 1.62. The van der Waals surface area contributed by atoms with E-state index in [-0.39, 0.29) is 0 Å². The molecule has 6 nitrogen and oxygen atoms in total. The third kappa shape index (κ3) is 4.56. The number of halogens is 1. The molecule has 0 unspecified atom stereocenters. The van der Waals surface area contributed by atoms with Crippen molar-refractivity contribution in [3.63, 3.8) is 0 Å². The molecule has 0 atom stereocenters. The van der Waals surface area contributed by atoms with Crippen LogP contribution >= 0.6 is 11.6 Å². The maximum atomic E-state index is 6.21. The summed E-state index contributed by atoms with van der Waals surface area (Å²) >= 11 is 6.21. The van der Waals surface area contributed by atoms with E-state index < -0.39 is 0 Å². The van der Waals surface area contributed by atoms with Crippen molar-refractivity contribution in [3.05, 3.63) is 34.6 Å². The summed E-state index contributed by atoms with van der Waals surface area (Å²) in [5, 5.41) is 4.04. The molecule has 1 aliphatic rings. The Morgan fingerprint density at radius 2 is 1.85 bits per heavy atom. The number of nitrogens with one attached hydrogen (secondary N) is 1. The average Bonchev–Trinajstić information content (AvgIpc) is 2.63. The lowest BCUT2D eigenvalue weighted by molar-refractivity contribution is 0.237. The first kappa shape index (κ1) is 18.7. The van der Waals surface area contributed by atoms with E-state index in [0.717, 1.165) is 29.2 Å². The Hall–Kier alpha value is -2.05. The molecule has 3 N–H and O–H groups in total. The quantitative estimate of drug-likeness (QED) is 0.794. The zero-order chi connectivity index (χ0) is 18.5. The maximum absolute atomic E-state index is 6.21. The molecule has 0 bridgehead atoms. The predicted octanol–water partition coefficient (Wildman–Crippen LogP) is 4.02. The number of ether oxygens (including phenoxy) is 1. The van der Waals surface area contributed by atoms with Crippen LogP contribution in [0.2, 0.25) is 5.02 Å². The van der Waals surface area contributed by atoms with Gasteiger partial charge in [0.1, 0.15) is 17.8 Å². The lowest BCUT2D eigenvalue weighted by atomic mass is 10.1. The van der Waals surface area contributed by atoms with Crippen LogP contribution in [0, 0.1) is 13.8 Å². The SMILES string of the molecule is Cc1cc(Oc2ncnc(NCCN3CCCCC3)c2N)cc(C)c1Cl. The first-order valence-corrected chi connectivity index (χ1v) is 9.43. The summed E-state index contributed by atoms with van der Waals surface area (Å²) in [5.41, 5.74) is 8.52. The minimum atomic E-state index is 0.349. The summed E-state index contributed by atoms with van der Waals surface area (Å²) in [6.45, 7) is 8.00. The number of nitrogens with two attached hydrogens (primary N) is 1. The van der Waals surface area contributed by atoms with Crippen LogP contribution in [-0.2, 0) is 0 Å². The van der Waals surface area contributed by atoms with Gasteiger partial charge in [-0.3, -0.25) is 0 Å². The van der Waals surface area contributed by atoms with Crippen molar-refractivity contribution in [1.29, 1.82) is 0 Å². The molecule has 7 heteroatoms. The molecule has 0 aliphatic carbocycles. The maximum Gasteiger partial charge on any atom is 0.248 e. The molecule has 140 valence electrons. The lowest BCUT2D eigenvalue weighted by Gasteiger charge is -2.26. The predicted molar refractivity (Wildman–Crippen MR) is 106 cm³/mol. The lowest BCUT2D eigenvalue weighted by Crippen LogP contribution is -2.33. The average molecular weight is 376 g/mol. The minimum Gasteiger partial charge on any atom is -0.437 e. The van der Waals surface area contributed by atoms with E-state index >= 15 is 0 Å². The Balaban J connectivity index is 1.65. The van der Waals surface area contributed by atoms with E-state index in [2.05, 4.69) is 20.2 Å². The van der Waals surface area contributed by atoms with Crippen LogP contribution in [0.4, 0.5) is 11.5 Å². The second kappa shape index (κ2) is 8.56.